The molecule has 21 heavy (non-hydrogen) atoms. The molecule has 1 aromatic carbocycles. The summed E-state index contributed by atoms with van der Waals surface area (Å²) in [6.07, 6.45) is 0. The van der Waals surface area contributed by atoms with Crippen LogP contribution >= 0.6 is 23.2 Å². The molecular formula is C14H10Cl2N4O. The highest BCUT2D eigenvalue weighted by atomic mass is 35.5. The molecule has 1 aliphatic rings. The van der Waals surface area contributed by atoms with Crippen LogP contribution in [0.25, 0.3) is 0 Å². The van der Waals surface area contributed by atoms with Gasteiger partial charge in [0.2, 0.25) is 5.91 Å². The van der Waals surface area contributed by atoms with Crippen LogP contribution in [0.4, 0.5) is 0 Å². The molecule has 7 heteroatoms. The van der Waals surface area contributed by atoms with Gasteiger partial charge in [0.15, 0.2) is 0 Å². The summed E-state index contributed by atoms with van der Waals surface area (Å²) in [5.74, 6) is -2.95. The number of nitriles is 2. The van der Waals surface area contributed by atoms with Gasteiger partial charge in [0.05, 0.1) is 18.1 Å². The SMILES string of the molecule is CC1=NNC(=O)[C@@H]1[C@H](c1c(Cl)cccc1Cl)C(C#N)C#N. The van der Waals surface area contributed by atoms with Gasteiger partial charge in [0, 0.05) is 21.7 Å². The minimum Gasteiger partial charge on any atom is -0.272 e. The van der Waals surface area contributed by atoms with Crippen molar-refractivity contribution in [1.29, 1.82) is 10.5 Å². The number of hydrazone groups is 1. The minimum absolute atomic E-state index is 0.315. The first-order valence-electron chi connectivity index (χ1n) is 6.08. The van der Waals surface area contributed by atoms with Crippen molar-refractivity contribution in [1.82, 2.24) is 5.43 Å². The Bertz CT molecular complexity index is 668. The summed E-state index contributed by atoms with van der Waals surface area (Å²) in [4.78, 5) is 12.0. The molecule has 0 aliphatic carbocycles. The molecule has 0 fully saturated rings. The Hall–Kier alpha value is -2.08. The van der Waals surface area contributed by atoms with Gasteiger partial charge in [-0.1, -0.05) is 29.3 Å². The molecule has 1 heterocycles. The van der Waals surface area contributed by atoms with Crippen LogP contribution in [-0.4, -0.2) is 11.6 Å². The van der Waals surface area contributed by atoms with E-state index >= 15 is 0 Å². The summed E-state index contributed by atoms with van der Waals surface area (Å²) in [7, 11) is 0. The summed E-state index contributed by atoms with van der Waals surface area (Å²) in [5, 5.41) is 23.0. The Labute approximate surface area is 131 Å². The lowest BCUT2D eigenvalue weighted by Gasteiger charge is -2.24. The number of hydrogen-bond donors (Lipinski definition) is 1. The number of nitrogens with one attached hydrogen (secondary N) is 1. The third-order valence-electron chi connectivity index (χ3n) is 3.40. The maximum absolute atomic E-state index is 12.0. The van der Waals surface area contributed by atoms with Crippen molar-refractivity contribution in [3.63, 3.8) is 0 Å². The quantitative estimate of drug-likeness (QED) is 0.928. The average Bonchev–Trinajstić information content (AvgIpc) is 2.77. The molecule has 5 nitrogen and oxygen atoms in total. The van der Waals surface area contributed by atoms with Crippen LogP contribution in [0.2, 0.25) is 10.0 Å². The van der Waals surface area contributed by atoms with Gasteiger partial charge in [0.1, 0.15) is 5.92 Å². The van der Waals surface area contributed by atoms with E-state index in [1.807, 2.05) is 12.1 Å². The second kappa shape index (κ2) is 6.13. The molecule has 0 spiro atoms. The first-order chi connectivity index (χ1) is 10.0. The fourth-order valence-electron chi connectivity index (χ4n) is 2.44. The van der Waals surface area contributed by atoms with E-state index in [1.165, 1.54) is 0 Å². The highest BCUT2D eigenvalue weighted by Crippen LogP contribution is 2.41. The van der Waals surface area contributed by atoms with Crippen LogP contribution in [0.3, 0.4) is 0 Å². The maximum atomic E-state index is 12.0. The van der Waals surface area contributed by atoms with Gasteiger partial charge in [-0.3, -0.25) is 4.79 Å². The third-order valence-corrected chi connectivity index (χ3v) is 4.06. The number of rotatable bonds is 3. The van der Waals surface area contributed by atoms with E-state index in [-0.39, 0.29) is 5.91 Å². The smallest absolute Gasteiger partial charge is 0.249 e. The van der Waals surface area contributed by atoms with Crippen molar-refractivity contribution in [2.24, 2.45) is 16.9 Å². The lowest BCUT2D eigenvalue weighted by molar-refractivity contribution is -0.122. The van der Waals surface area contributed by atoms with Crippen LogP contribution in [0, 0.1) is 34.5 Å². The largest absolute Gasteiger partial charge is 0.272 e. The Morgan fingerprint density at radius 2 is 1.86 bits per heavy atom. The van der Waals surface area contributed by atoms with E-state index in [4.69, 9.17) is 23.2 Å². The van der Waals surface area contributed by atoms with E-state index in [0.717, 1.165) is 0 Å². The molecule has 0 saturated heterocycles. The molecule has 1 amide bonds. The highest BCUT2D eigenvalue weighted by Gasteiger charge is 2.42. The Morgan fingerprint density at radius 1 is 1.29 bits per heavy atom. The van der Waals surface area contributed by atoms with E-state index in [1.54, 1.807) is 25.1 Å². The van der Waals surface area contributed by atoms with E-state index in [9.17, 15) is 15.3 Å². The molecule has 0 radical (unpaired) electrons. The molecule has 0 unspecified atom stereocenters. The summed E-state index contributed by atoms with van der Waals surface area (Å²) in [6, 6.07) is 8.70. The van der Waals surface area contributed by atoms with E-state index < -0.39 is 17.8 Å². The van der Waals surface area contributed by atoms with Crippen LogP contribution < -0.4 is 5.43 Å². The minimum atomic E-state index is -1.07. The molecule has 2 rings (SSSR count). The van der Waals surface area contributed by atoms with Gasteiger partial charge < -0.3 is 0 Å². The second-order valence-corrected chi connectivity index (χ2v) is 5.42. The molecule has 106 valence electrons. The topological polar surface area (TPSA) is 89.0 Å². The summed E-state index contributed by atoms with van der Waals surface area (Å²) < 4.78 is 0. The first kappa shape index (κ1) is 15.3. The van der Waals surface area contributed by atoms with E-state index in [2.05, 4.69) is 10.5 Å². The monoisotopic (exact) mass is 320 g/mol. The van der Waals surface area contributed by atoms with E-state index in [0.29, 0.717) is 21.3 Å². The van der Waals surface area contributed by atoms with Crippen LogP contribution in [0.5, 0.6) is 0 Å². The van der Waals surface area contributed by atoms with Crippen molar-refractivity contribution in [3.05, 3.63) is 33.8 Å². The lowest BCUT2D eigenvalue weighted by atomic mass is 9.76. The fraction of sp³-hybridized carbons (Fsp3) is 0.286. The molecule has 2 atom stereocenters. The maximum Gasteiger partial charge on any atom is 0.249 e. The Kier molecular flexibility index (Phi) is 4.47. The van der Waals surface area contributed by atoms with Crippen molar-refractivity contribution in [2.45, 2.75) is 12.8 Å². The molecule has 1 N–H and O–H groups in total. The predicted molar refractivity (Wildman–Crippen MR) is 78.7 cm³/mol. The van der Waals surface area contributed by atoms with Crippen molar-refractivity contribution < 1.29 is 4.79 Å². The van der Waals surface area contributed by atoms with Crippen LogP contribution in [-0.2, 0) is 4.79 Å². The average molecular weight is 321 g/mol. The second-order valence-electron chi connectivity index (χ2n) is 4.60. The molecule has 0 saturated carbocycles. The highest BCUT2D eigenvalue weighted by molar-refractivity contribution is 6.36. The van der Waals surface area contributed by atoms with Crippen LogP contribution in [0.1, 0.15) is 18.4 Å². The van der Waals surface area contributed by atoms with Gasteiger partial charge in [-0.25, -0.2) is 5.43 Å². The number of amides is 1. The predicted octanol–water partition coefficient (Wildman–Crippen LogP) is 2.86. The summed E-state index contributed by atoms with van der Waals surface area (Å²) in [6.45, 7) is 1.66. The van der Waals surface area contributed by atoms with Crippen molar-refractivity contribution >= 4 is 34.8 Å². The molecule has 1 aromatic rings. The van der Waals surface area contributed by atoms with Gasteiger partial charge in [-0.2, -0.15) is 15.6 Å². The molecule has 1 aliphatic heterocycles. The lowest BCUT2D eigenvalue weighted by Crippen LogP contribution is -2.32. The zero-order valence-electron chi connectivity index (χ0n) is 11.0. The normalized spacial score (nSPS) is 18.7. The standard InChI is InChI=1S/C14H10Cl2N4O/c1-7-11(14(21)20-19-7)12(8(5-17)6-18)13-9(15)3-2-4-10(13)16/h2-4,8,11-12H,1H3,(H,20,21)/t11-,12+/m0/s1. The van der Waals surface area contributed by atoms with Gasteiger partial charge in [-0.05, 0) is 24.6 Å². The first-order valence-corrected chi connectivity index (χ1v) is 6.84. The fourth-order valence-corrected chi connectivity index (χ4v) is 3.09. The van der Waals surface area contributed by atoms with Gasteiger partial charge >= 0.3 is 0 Å². The van der Waals surface area contributed by atoms with Crippen LogP contribution in [0.15, 0.2) is 23.3 Å². The number of hydrogen-bond acceptors (Lipinski definition) is 4. The third kappa shape index (κ3) is 2.71. The Morgan fingerprint density at radius 3 is 2.29 bits per heavy atom. The molecular weight excluding hydrogens is 311 g/mol. The number of halogens is 2. The molecule has 0 aromatic heterocycles. The number of carbonyl (C=O) groups excluding carboxylic acids is 1. The molecule has 0 bridgehead atoms. The Balaban J connectivity index is 2.63. The van der Waals surface area contributed by atoms with Gasteiger partial charge in [-0.15, -0.1) is 0 Å². The van der Waals surface area contributed by atoms with Crippen molar-refractivity contribution in [2.75, 3.05) is 0 Å². The van der Waals surface area contributed by atoms with Gasteiger partial charge in [0.25, 0.3) is 0 Å². The number of benzene rings is 1. The zero-order valence-corrected chi connectivity index (χ0v) is 12.5. The number of nitrogens with zero attached hydrogens (tertiary/aromatic N) is 3. The summed E-state index contributed by atoms with van der Waals surface area (Å²) >= 11 is 12.4. The van der Waals surface area contributed by atoms with Crippen molar-refractivity contribution in [3.8, 4) is 12.1 Å². The zero-order chi connectivity index (χ0) is 15.6. The summed E-state index contributed by atoms with van der Waals surface area (Å²) in [5.41, 5.74) is 3.27. The number of carbonyl (C=O) groups is 1.